The number of aromatic nitrogens is 3. The molecule has 55 heavy (non-hydrogen) atoms. The van der Waals surface area contributed by atoms with E-state index in [2.05, 4.69) is 121 Å². The molecule has 0 saturated heterocycles. The van der Waals surface area contributed by atoms with E-state index in [-0.39, 0.29) is 0 Å². The molecular formula is C50H30N4O. The maximum Gasteiger partial charge on any atom is 0.164 e. The first kappa shape index (κ1) is 32.0. The monoisotopic (exact) mass is 702 g/mol. The molecule has 0 saturated carbocycles. The molecule has 0 atom stereocenters. The van der Waals surface area contributed by atoms with Crippen LogP contribution in [-0.2, 0) is 0 Å². The van der Waals surface area contributed by atoms with E-state index in [0.29, 0.717) is 23.0 Å². The Morgan fingerprint density at radius 3 is 1.67 bits per heavy atom. The Morgan fingerprint density at radius 1 is 0.382 bits per heavy atom. The summed E-state index contributed by atoms with van der Waals surface area (Å²) in [6.45, 7) is 0. The lowest BCUT2D eigenvalue weighted by atomic mass is 9.96. The van der Waals surface area contributed by atoms with E-state index in [9.17, 15) is 5.26 Å². The van der Waals surface area contributed by atoms with Crippen LogP contribution in [0.1, 0.15) is 5.56 Å². The van der Waals surface area contributed by atoms with Crippen molar-refractivity contribution in [3.05, 3.63) is 188 Å². The fourth-order valence-corrected chi connectivity index (χ4v) is 7.37. The van der Waals surface area contributed by atoms with E-state index in [1.807, 2.05) is 66.7 Å². The third-order valence-electron chi connectivity index (χ3n) is 10.1. The zero-order valence-electron chi connectivity index (χ0n) is 29.5. The minimum absolute atomic E-state index is 0.551. The molecule has 0 N–H and O–H groups in total. The molecule has 2 aromatic heterocycles. The third kappa shape index (κ3) is 5.98. The highest BCUT2D eigenvalue weighted by molar-refractivity contribution is 6.13. The predicted molar refractivity (Wildman–Crippen MR) is 222 cm³/mol. The summed E-state index contributed by atoms with van der Waals surface area (Å²) in [7, 11) is 0. The lowest BCUT2D eigenvalue weighted by molar-refractivity contribution is 0.669. The Morgan fingerprint density at radius 2 is 0.927 bits per heavy atom. The van der Waals surface area contributed by atoms with Gasteiger partial charge in [0.1, 0.15) is 11.2 Å². The quantitative estimate of drug-likeness (QED) is 0.172. The van der Waals surface area contributed by atoms with Crippen molar-refractivity contribution in [2.24, 2.45) is 0 Å². The third-order valence-corrected chi connectivity index (χ3v) is 10.1. The Bertz CT molecular complexity index is 3100. The molecule has 0 spiro atoms. The number of nitrogens with zero attached hydrogens (tertiary/aromatic N) is 4. The van der Waals surface area contributed by atoms with Gasteiger partial charge in [-0.15, -0.1) is 0 Å². The average Bonchev–Trinajstić information content (AvgIpc) is 3.65. The molecule has 0 unspecified atom stereocenters. The highest BCUT2D eigenvalue weighted by atomic mass is 16.3. The summed E-state index contributed by atoms with van der Waals surface area (Å²) in [5.41, 5.74) is 11.4. The number of furan rings is 1. The first-order valence-corrected chi connectivity index (χ1v) is 18.1. The molecule has 5 nitrogen and oxygen atoms in total. The Kier molecular flexibility index (Phi) is 7.79. The lowest BCUT2D eigenvalue weighted by Gasteiger charge is -2.10. The minimum Gasteiger partial charge on any atom is -0.456 e. The van der Waals surface area contributed by atoms with Crippen LogP contribution >= 0.6 is 0 Å². The number of hydrogen-bond acceptors (Lipinski definition) is 5. The largest absolute Gasteiger partial charge is 0.456 e. The molecule has 2 heterocycles. The van der Waals surface area contributed by atoms with E-state index < -0.39 is 0 Å². The molecule has 256 valence electrons. The van der Waals surface area contributed by atoms with Gasteiger partial charge in [0.25, 0.3) is 0 Å². The molecule has 0 radical (unpaired) electrons. The van der Waals surface area contributed by atoms with Gasteiger partial charge in [0.15, 0.2) is 17.5 Å². The maximum atomic E-state index is 9.31. The molecule has 10 aromatic rings. The van der Waals surface area contributed by atoms with Gasteiger partial charge < -0.3 is 4.42 Å². The van der Waals surface area contributed by atoms with Crippen molar-refractivity contribution in [1.29, 1.82) is 5.26 Å². The normalized spacial score (nSPS) is 11.3. The number of hydrogen-bond donors (Lipinski definition) is 0. The zero-order valence-corrected chi connectivity index (χ0v) is 29.5. The predicted octanol–water partition coefficient (Wildman–Crippen LogP) is 12.8. The van der Waals surface area contributed by atoms with Gasteiger partial charge in [-0.1, -0.05) is 133 Å². The zero-order chi connectivity index (χ0) is 36.7. The van der Waals surface area contributed by atoms with Crippen LogP contribution in [0.25, 0.3) is 100 Å². The Labute approximate surface area is 317 Å². The molecule has 10 rings (SSSR count). The Balaban J connectivity index is 1.10. The van der Waals surface area contributed by atoms with Crippen molar-refractivity contribution in [3.8, 4) is 73.6 Å². The molecule has 8 aromatic carbocycles. The van der Waals surface area contributed by atoms with Crippen LogP contribution in [0.2, 0.25) is 0 Å². The molecule has 0 aliphatic heterocycles. The van der Waals surface area contributed by atoms with Gasteiger partial charge in [0, 0.05) is 27.5 Å². The van der Waals surface area contributed by atoms with Crippen molar-refractivity contribution < 1.29 is 4.42 Å². The van der Waals surface area contributed by atoms with E-state index in [1.54, 1.807) is 0 Å². The van der Waals surface area contributed by atoms with Crippen LogP contribution in [0.3, 0.4) is 0 Å². The molecule has 0 amide bonds. The summed E-state index contributed by atoms with van der Waals surface area (Å²) >= 11 is 0. The van der Waals surface area contributed by atoms with Crippen molar-refractivity contribution >= 4 is 32.7 Å². The fraction of sp³-hybridized carbons (Fsp3) is 0. The van der Waals surface area contributed by atoms with Gasteiger partial charge in [-0.25, -0.2) is 15.0 Å². The molecule has 0 bridgehead atoms. The summed E-state index contributed by atoms with van der Waals surface area (Å²) in [6.07, 6.45) is 0. The van der Waals surface area contributed by atoms with Gasteiger partial charge in [-0.2, -0.15) is 5.26 Å². The highest BCUT2D eigenvalue weighted by Crippen LogP contribution is 2.39. The SMILES string of the molecule is N#Cc1ccc(-c2cccc(-c3nc(-c4ccc5ccccc5c4)nc(-c4ccc5c(c4)oc4cccc(-c6cccc(-c7ccccc7)c6)c45)n3)c2)cc1. The van der Waals surface area contributed by atoms with Crippen molar-refractivity contribution in [2.75, 3.05) is 0 Å². The first-order valence-electron chi connectivity index (χ1n) is 18.1. The van der Waals surface area contributed by atoms with E-state index in [0.717, 1.165) is 71.7 Å². The summed E-state index contributed by atoms with van der Waals surface area (Å²) in [5.74, 6) is 1.70. The number of benzene rings is 8. The van der Waals surface area contributed by atoms with Crippen molar-refractivity contribution in [3.63, 3.8) is 0 Å². The second-order valence-electron chi connectivity index (χ2n) is 13.6. The second-order valence-corrected chi connectivity index (χ2v) is 13.6. The molecule has 5 heteroatoms. The van der Waals surface area contributed by atoms with Crippen molar-refractivity contribution in [1.82, 2.24) is 15.0 Å². The fourth-order valence-electron chi connectivity index (χ4n) is 7.37. The summed E-state index contributed by atoms with van der Waals surface area (Å²) in [6, 6.07) is 64.1. The molecular weight excluding hydrogens is 673 g/mol. The molecule has 0 fully saturated rings. The second kappa shape index (κ2) is 13.4. The average molecular weight is 703 g/mol. The summed E-state index contributed by atoms with van der Waals surface area (Å²) in [4.78, 5) is 15.2. The van der Waals surface area contributed by atoms with Gasteiger partial charge in [0.2, 0.25) is 0 Å². The van der Waals surface area contributed by atoms with Crippen LogP contribution in [0, 0.1) is 11.3 Å². The van der Waals surface area contributed by atoms with Crippen LogP contribution in [0.15, 0.2) is 186 Å². The van der Waals surface area contributed by atoms with Crippen LogP contribution < -0.4 is 0 Å². The topological polar surface area (TPSA) is 75.6 Å². The first-order chi connectivity index (χ1) is 27.2. The maximum absolute atomic E-state index is 9.31. The smallest absolute Gasteiger partial charge is 0.164 e. The van der Waals surface area contributed by atoms with E-state index >= 15 is 0 Å². The van der Waals surface area contributed by atoms with Crippen LogP contribution in [0.5, 0.6) is 0 Å². The minimum atomic E-state index is 0.551. The number of fused-ring (bicyclic) bond motifs is 4. The number of nitriles is 1. The molecule has 0 aliphatic rings. The molecule has 0 aliphatic carbocycles. The van der Waals surface area contributed by atoms with E-state index in [1.165, 1.54) is 11.1 Å². The highest BCUT2D eigenvalue weighted by Gasteiger charge is 2.17. The lowest BCUT2D eigenvalue weighted by Crippen LogP contribution is -2.00. The van der Waals surface area contributed by atoms with Gasteiger partial charge >= 0.3 is 0 Å². The number of rotatable bonds is 6. The standard InChI is InChI=1S/C50H30N4O/c51-31-32-19-21-35(22-20-32)38-14-7-16-40(28-38)48-52-49(41-24-23-34-11-4-5-12-36(34)29-41)54-50(53-48)42-25-26-44-46(30-42)55-45-18-8-17-43(47(44)45)39-15-6-13-37(27-39)33-9-2-1-3-10-33/h1-30H. The van der Waals surface area contributed by atoms with Gasteiger partial charge in [0.05, 0.1) is 11.6 Å². The summed E-state index contributed by atoms with van der Waals surface area (Å²) < 4.78 is 6.56. The van der Waals surface area contributed by atoms with E-state index in [4.69, 9.17) is 19.4 Å². The van der Waals surface area contributed by atoms with Crippen LogP contribution in [-0.4, -0.2) is 15.0 Å². The van der Waals surface area contributed by atoms with Gasteiger partial charge in [-0.05, 0) is 92.7 Å². The Hall–Kier alpha value is -7.68. The van der Waals surface area contributed by atoms with Gasteiger partial charge in [-0.3, -0.25) is 0 Å². The van der Waals surface area contributed by atoms with Crippen LogP contribution in [0.4, 0.5) is 0 Å². The van der Waals surface area contributed by atoms with Crippen molar-refractivity contribution in [2.45, 2.75) is 0 Å². The summed E-state index contributed by atoms with van der Waals surface area (Å²) in [5, 5.41) is 13.7.